The van der Waals surface area contributed by atoms with Crippen LogP contribution in [0.5, 0.6) is 5.75 Å². The molecule has 0 spiro atoms. The zero-order chi connectivity index (χ0) is 22.3. The Morgan fingerprint density at radius 2 is 2.06 bits per heavy atom. The van der Waals surface area contributed by atoms with E-state index >= 15 is 0 Å². The first-order valence-electron chi connectivity index (χ1n) is 10.6. The van der Waals surface area contributed by atoms with Crippen LogP contribution in [0.4, 0.5) is 11.5 Å². The molecule has 2 atom stereocenters. The van der Waals surface area contributed by atoms with Crippen LogP contribution >= 0.6 is 0 Å². The van der Waals surface area contributed by atoms with Crippen molar-refractivity contribution >= 4 is 32.4 Å². The summed E-state index contributed by atoms with van der Waals surface area (Å²) in [5.41, 5.74) is 8.48. The highest BCUT2D eigenvalue weighted by atomic mass is 32.2. The molecule has 0 radical (unpaired) electrons. The summed E-state index contributed by atoms with van der Waals surface area (Å²) in [7, 11) is -3.42. The fourth-order valence-electron chi connectivity index (χ4n) is 4.92. The molecule has 3 N–H and O–H groups in total. The molecular formula is C21H24N6O4S. The van der Waals surface area contributed by atoms with Crippen molar-refractivity contribution in [2.24, 2.45) is 0 Å². The number of rotatable bonds is 3. The van der Waals surface area contributed by atoms with Gasteiger partial charge >= 0.3 is 0 Å². The molecule has 1 saturated heterocycles. The van der Waals surface area contributed by atoms with E-state index < -0.39 is 14.6 Å². The molecule has 0 amide bonds. The number of hydrogen-bond acceptors (Lipinski definition) is 9. The highest BCUT2D eigenvalue weighted by Crippen LogP contribution is 2.57. The summed E-state index contributed by atoms with van der Waals surface area (Å²) in [6, 6.07) is 1.93. The first-order valence-corrected chi connectivity index (χ1v) is 12.5. The van der Waals surface area contributed by atoms with Gasteiger partial charge in [0.05, 0.1) is 42.7 Å². The molecule has 3 aromatic rings. The van der Waals surface area contributed by atoms with Crippen molar-refractivity contribution in [1.82, 2.24) is 19.9 Å². The number of aromatic amines is 1. The monoisotopic (exact) mass is 456 g/mol. The minimum atomic E-state index is -3.42. The van der Waals surface area contributed by atoms with Crippen LogP contribution in [0.15, 0.2) is 18.5 Å². The maximum Gasteiger partial charge on any atom is 0.185 e. The quantitative estimate of drug-likeness (QED) is 0.602. The average Bonchev–Trinajstić information content (AvgIpc) is 3.45. The highest BCUT2D eigenvalue weighted by Gasteiger charge is 2.58. The molecule has 1 aliphatic carbocycles. The third-order valence-electron chi connectivity index (χ3n) is 6.73. The molecule has 168 valence electrons. The van der Waals surface area contributed by atoms with Crippen molar-refractivity contribution < 1.29 is 17.9 Å². The summed E-state index contributed by atoms with van der Waals surface area (Å²) in [4.78, 5) is 19.3. The van der Waals surface area contributed by atoms with Gasteiger partial charge in [-0.1, -0.05) is 0 Å². The number of morpholine rings is 1. The van der Waals surface area contributed by atoms with E-state index in [4.69, 9.17) is 25.2 Å². The Kier molecular flexibility index (Phi) is 4.04. The van der Waals surface area contributed by atoms with Crippen molar-refractivity contribution in [2.75, 3.05) is 36.7 Å². The number of hydrogen-bond donors (Lipinski definition) is 2. The van der Waals surface area contributed by atoms with Gasteiger partial charge in [0.2, 0.25) is 0 Å². The normalized spacial score (nSPS) is 24.0. The Balaban J connectivity index is 1.66. The van der Waals surface area contributed by atoms with E-state index in [1.54, 1.807) is 12.4 Å². The average molecular weight is 457 g/mol. The van der Waals surface area contributed by atoms with Crippen LogP contribution in [0.25, 0.3) is 22.4 Å². The van der Waals surface area contributed by atoms with Crippen molar-refractivity contribution in [3.05, 3.63) is 24.2 Å². The largest absolute Gasteiger partial charge is 0.486 e. The molecular weight excluding hydrogens is 432 g/mol. The summed E-state index contributed by atoms with van der Waals surface area (Å²) in [5.74, 6) is 1.44. The fraction of sp³-hybridized carbons (Fsp3) is 0.476. The van der Waals surface area contributed by atoms with Crippen LogP contribution in [0, 0.1) is 0 Å². The molecule has 5 heterocycles. The molecule has 1 saturated carbocycles. The SMILES string of the molecule is C[C@@H]1COCC2COc3c(nc(-c4c(N)cnc5[nH]ccc45)nc3C3(S(C)(=O)=O)CC3)N21. The molecule has 3 aliphatic rings. The first-order chi connectivity index (χ1) is 15.3. The Morgan fingerprint density at radius 3 is 2.81 bits per heavy atom. The van der Waals surface area contributed by atoms with Gasteiger partial charge in [0.15, 0.2) is 27.2 Å². The number of nitrogen functional groups attached to an aromatic ring is 1. The molecule has 11 heteroatoms. The molecule has 10 nitrogen and oxygen atoms in total. The van der Waals surface area contributed by atoms with Crippen LogP contribution in [0.2, 0.25) is 0 Å². The number of nitrogens with two attached hydrogens (primary N) is 1. The van der Waals surface area contributed by atoms with Crippen molar-refractivity contribution in [2.45, 2.75) is 36.6 Å². The predicted octanol–water partition coefficient (Wildman–Crippen LogP) is 1.62. The molecule has 32 heavy (non-hydrogen) atoms. The number of aromatic nitrogens is 4. The van der Waals surface area contributed by atoms with E-state index in [2.05, 4.69) is 21.8 Å². The van der Waals surface area contributed by atoms with Gasteiger partial charge < -0.3 is 25.1 Å². The van der Waals surface area contributed by atoms with Crippen LogP contribution in [0.3, 0.4) is 0 Å². The maximum atomic E-state index is 12.8. The van der Waals surface area contributed by atoms with Crippen LogP contribution in [0.1, 0.15) is 25.5 Å². The second-order valence-electron chi connectivity index (χ2n) is 8.90. The molecule has 0 bridgehead atoms. The third-order valence-corrected chi connectivity index (χ3v) is 8.76. The summed E-state index contributed by atoms with van der Waals surface area (Å²) in [5, 5.41) is 0.781. The smallest absolute Gasteiger partial charge is 0.185 e. The number of nitrogens with one attached hydrogen (secondary N) is 1. The van der Waals surface area contributed by atoms with Crippen LogP contribution in [-0.4, -0.2) is 66.5 Å². The predicted molar refractivity (Wildman–Crippen MR) is 119 cm³/mol. The van der Waals surface area contributed by atoms with E-state index in [1.165, 1.54) is 6.26 Å². The van der Waals surface area contributed by atoms with Gasteiger partial charge in [0, 0.05) is 17.8 Å². The van der Waals surface area contributed by atoms with Crippen LogP contribution < -0.4 is 15.4 Å². The lowest BCUT2D eigenvalue weighted by Crippen LogP contribution is -2.56. The van der Waals surface area contributed by atoms with E-state index in [-0.39, 0.29) is 12.1 Å². The molecule has 2 fully saturated rings. The maximum absolute atomic E-state index is 12.8. The zero-order valence-electron chi connectivity index (χ0n) is 17.8. The Bertz CT molecular complexity index is 1350. The minimum Gasteiger partial charge on any atom is -0.486 e. The van der Waals surface area contributed by atoms with E-state index in [0.717, 1.165) is 5.39 Å². The number of nitrogens with zero attached hydrogens (tertiary/aromatic N) is 4. The molecule has 1 unspecified atom stereocenters. The van der Waals surface area contributed by atoms with E-state index in [1.807, 2.05) is 6.07 Å². The van der Waals surface area contributed by atoms with Crippen molar-refractivity contribution in [3.63, 3.8) is 0 Å². The Labute approximate surface area is 185 Å². The Hall–Kier alpha value is -2.92. The van der Waals surface area contributed by atoms with Crippen LogP contribution in [-0.2, 0) is 19.3 Å². The number of fused-ring (bicyclic) bond motifs is 4. The van der Waals surface area contributed by atoms with Crippen molar-refractivity contribution in [3.8, 4) is 17.1 Å². The van der Waals surface area contributed by atoms with Gasteiger partial charge in [-0.25, -0.2) is 23.4 Å². The fourth-order valence-corrected chi connectivity index (χ4v) is 6.25. The van der Waals surface area contributed by atoms with Gasteiger partial charge in [-0.3, -0.25) is 0 Å². The van der Waals surface area contributed by atoms with Crippen molar-refractivity contribution in [1.29, 1.82) is 0 Å². The number of anilines is 2. The number of ether oxygens (including phenoxy) is 2. The van der Waals surface area contributed by atoms with Gasteiger partial charge in [-0.2, -0.15) is 0 Å². The second-order valence-corrected chi connectivity index (χ2v) is 11.2. The lowest BCUT2D eigenvalue weighted by Gasteiger charge is -2.45. The van der Waals surface area contributed by atoms with E-state index in [0.29, 0.717) is 72.6 Å². The first kappa shape index (κ1) is 19.7. The molecule has 6 rings (SSSR count). The van der Waals surface area contributed by atoms with Gasteiger partial charge in [-0.05, 0) is 25.8 Å². The van der Waals surface area contributed by atoms with Gasteiger partial charge in [-0.15, -0.1) is 0 Å². The summed E-state index contributed by atoms with van der Waals surface area (Å²) in [6.07, 6.45) is 5.62. The summed E-state index contributed by atoms with van der Waals surface area (Å²) in [6.45, 7) is 3.54. The van der Waals surface area contributed by atoms with Gasteiger partial charge in [0.25, 0.3) is 0 Å². The molecule has 0 aromatic carbocycles. The topological polar surface area (TPSA) is 136 Å². The zero-order valence-corrected chi connectivity index (χ0v) is 18.6. The molecule has 2 aliphatic heterocycles. The minimum absolute atomic E-state index is 0.00250. The highest BCUT2D eigenvalue weighted by molar-refractivity contribution is 7.92. The Morgan fingerprint density at radius 1 is 1.25 bits per heavy atom. The molecule has 3 aromatic heterocycles. The number of sulfone groups is 1. The second kappa shape index (κ2) is 6.55. The summed E-state index contributed by atoms with van der Waals surface area (Å²) < 4.78 is 36.5. The summed E-state index contributed by atoms with van der Waals surface area (Å²) >= 11 is 0. The third kappa shape index (κ3) is 2.67. The lowest BCUT2D eigenvalue weighted by atomic mass is 10.1. The standard InChI is InChI=1S/C21H24N6O4S/c1-11-8-30-9-12-10-31-16-17(21(4-5-21)32(2,28)29)25-19(26-20(16)27(11)12)15-13-3-6-23-18(13)24-7-14(15)22/h3,6-7,11-12H,4-5,8-10,22H2,1-2H3,(H,23,24)/t11-,12?/m1/s1. The number of H-pyrrole nitrogens is 1. The lowest BCUT2D eigenvalue weighted by molar-refractivity contribution is 0.0483. The van der Waals surface area contributed by atoms with Gasteiger partial charge in [0.1, 0.15) is 22.7 Å². The number of pyridine rings is 1. The van der Waals surface area contributed by atoms with E-state index in [9.17, 15) is 8.42 Å².